The zero-order valence-corrected chi connectivity index (χ0v) is 12.4. The quantitative estimate of drug-likeness (QED) is 0.805. The molecule has 5 nitrogen and oxygen atoms in total. The number of aromatic nitrogens is 2. The molecule has 1 aromatic rings. The van der Waals surface area contributed by atoms with Crippen molar-refractivity contribution in [2.45, 2.75) is 33.2 Å². The average molecular weight is 318 g/mol. The van der Waals surface area contributed by atoms with Crippen molar-refractivity contribution in [2.75, 3.05) is 18.5 Å². The first kappa shape index (κ1) is 15.2. The molecule has 0 bridgehead atoms. The minimum absolute atomic E-state index is 0.0974. The molecule has 1 heterocycles. The van der Waals surface area contributed by atoms with Gasteiger partial charge in [-0.3, -0.25) is 4.79 Å². The fourth-order valence-corrected chi connectivity index (χ4v) is 2.12. The van der Waals surface area contributed by atoms with Gasteiger partial charge in [-0.2, -0.15) is 5.10 Å². The van der Waals surface area contributed by atoms with Gasteiger partial charge in [0.05, 0.1) is 25.0 Å². The summed E-state index contributed by atoms with van der Waals surface area (Å²) in [4.78, 5) is 11.9. The summed E-state index contributed by atoms with van der Waals surface area (Å²) in [6.07, 6.45) is 3.83. The predicted molar refractivity (Wildman–Crippen MR) is 75.8 cm³/mol. The van der Waals surface area contributed by atoms with Gasteiger partial charge in [-0.15, -0.1) is 0 Å². The van der Waals surface area contributed by atoms with E-state index in [1.807, 2.05) is 0 Å². The topological polar surface area (TPSA) is 67.2 Å². The number of hydrogen-bond acceptors (Lipinski definition) is 4. The van der Waals surface area contributed by atoms with Crippen LogP contribution in [0, 0.1) is 5.92 Å². The van der Waals surface area contributed by atoms with Crippen LogP contribution >= 0.6 is 15.9 Å². The lowest BCUT2D eigenvalue weighted by Crippen LogP contribution is -2.26. The number of nitrogens with zero attached hydrogens (tertiary/aromatic N) is 2. The Bertz CT molecular complexity index is 430. The molecule has 1 rings (SSSR count). The Hall–Kier alpha value is -0.880. The van der Waals surface area contributed by atoms with E-state index >= 15 is 0 Å². The molecule has 0 aliphatic carbocycles. The molecule has 0 amide bonds. The Morgan fingerprint density at radius 1 is 1.50 bits per heavy atom. The minimum Gasteiger partial charge on any atom is -0.394 e. The van der Waals surface area contributed by atoms with Gasteiger partial charge in [0, 0.05) is 6.54 Å². The van der Waals surface area contributed by atoms with Crippen LogP contribution in [0.2, 0.25) is 0 Å². The summed E-state index contributed by atoms with van der Waals surface area (Å²) in [5.74, 6) is 0.594. The Kier molecular flexibility index (Phi) is 6.35. The fraction of sp³-hybridized carbons (Fsp3) is 0.667. The Labute approximate surface area is 115 Å². The van der Waals surface area contributed by atoms with Crippen molar-refractivity contribution >= 4 is 21.6 Å². The lowest BCUT2D eigenvalue weighted by Gasteiger charge is -2.15. The van der Waals surface area contributed by atoms with Crippen LogP contribution in [-0.4, -0.2) is 28.0 Å². The number of aliphatic hydroxyl groups excluding tert-OH is 1. The van der Waals surface area contributed by atoms with Gasteiger partial charge in [0.15, 0.2) is 0 Å². The number of rotatable bonds is 7. The van der Waals surface area contributed by atoms with E-state index in [9.17, 15) is 4.79 Å². The molecule has 0 spiro atoms. The zero-order valence-electron chi connectivity index (χ0n) is 10.8. The monoisotopic (exact) mass is 317 g/mol. The van der Waals surface area contributed by atoms with Crippen molar-refractivity contribution in [2.24, 2.45) is 5.92 Å². The summed E-state index contributed by atoms with van der Waals surface area (Å²) >= 11 is 3.28. The molecule has 0 saturated heterocycles. The maximum absolute atomic E-state index is 11.9. The molecule has 0 fully saturated rings. The fourth-order valence-electron chi connectivity index (χ4n) is 1.67. The van der Waals surface area contributed by atoms with Crippen LogP contribution in [0.3, 0.4) is 0 Å². The van der Waals surface area contributed by atoms with E-state index < -0.39 is 0 Å². The average Bonchev–Trinajstić information content (AvgIpc) is 2.38. The van der Waals surface area contributed by atoms with E-state index in [1.165, 1.54) is 4.68 Å². The third kappa shape index (κ3) is 3.81. The lowest BCUT2D eigenvalue weighted by atomic mass is 10.0. The van der Waals surface area contributed by atoms with E-state index in [1.54, 1.807) is 6.20 Å². The molecule has 1 aromatic heterocycles. The molecule has 102 valence electrons. The molecule has 0 atom stereocenters. The van der Waals surface area contributed by atoms with Crippen molar-refractivity contribution in [1.82, 2.24) is 9.78 Å². The number of anilines is 1. The molecule has 0 saturated carbocycles. The van der Waals surface area contributed by atoms with Crippen LogP contribution in [0.25, 0.3) is 0 Å². The molecular weight excluding hydrogens is 298 g/mol. The van der Waals surface area contributed by atoms with E-state index in [4.69, 9.17) is 5.11 Å². The number of hydrogen-bond donors (Lipinski definition) is 2. The van der Waals surface area contributed by atoms with Gasteiger partial charge in [0.1, 0.15) is 4.47 Å². The smallest absolute Gasteiger partial charge is 0.283 e. The highest BCUT2D eigenvalue weighted by atomic mass is 79.9. The number of nitrogens with one attached hydrogen (secondary N) is 1. The van der Waals surface area contributed by atoms with E-state index in [0.717, 1.165) is 19.4 Å². The van der Waals surface area contributed by atoms with E-state index in [2.05, 4.69) is 40.2 Å². The van der Waals surface area contributed by atoms with Gasteiger partial charge in [-0.25, -0.2) is 4.68 Å². The second kappa shape index (κ2) is 7.53. The minimum atomic E-state index is -0.224. The molecule has 6 heteroatoms. The van der Waals surface area contributed by atoms with Crippen LogP contribution in [0.5, 0.6) is 0 Å². The van der Waals surface area contributed by atoms with Crippen molar-refractivity contribution < 1.29 is 5.11 Å². The summed E-state index contributed by atoms with van der Waals surface area (Å²) in [6.45, 7) is 5.26. The second-order valence-corrected chi connectivity index (χ2v) is 4.98. The van der Waals surface area contributed by atoms with Crippen LogP contribution < -0.4 is 10.9 Å². The van der Waals surface area contributed by atoms with Crippen LogP contribution in [-0.2, 0) is 6.54 Å². The third-order valence-electron chi connectivity index (χ3n) is 3.03. The van der Waals surface area contributed by atoms with Crippen LogP contribution in [0.15, 0.2) is 15.5 Å². The van der Waals surface area contributed by atoms with Gasteiger partial charge >= 0.3 is 0 Å². The molecule has 0 aliphatic heterocycles. The van der Waals surface area contributed by atoms with Crippen molar-refractivity contribution in [3.05, 3.63) is 21.0 Å². The Balaban J connectivity index is 2.79. The molecule has 2 N–H and O–H groups in total. The standard InChI is InChI=1S/C12H20BrN3O2/c1-3-9(4-2)7-14-10-8-15-16(5-6-17)12(18)11(10)13/h8-9,14,17H,3-7H2,1-2H3. The number of halogens is 1. The molecule has 0 radical (unpaired) electrons. The normalized spacial score (nSPS) is 10.9. The zero-order chi connectivity index (χ0) is 13.5. The third-order valence-corrected chi connectivity index (χ3v) is 3.80. The summed E-state index contributed by atoms with van der Waals surface area (Å²) in [6, 6.07) is 0. The highest BCUT2D eigenvalue weighted by Crippen LogP contribution is 2.17. The molecule has 0 unspecified atom stereocenters. The SMILES string of the molecule is CCC(CC)CNc1cnn(CCO)c(=O)c1Br. The Morgan fingerprint density at radius 3 is 2.72 bits per heavy atom. The van der Waals surface area contributed by atoms with Gasteiger partial charge in [-0.1, -0.05) is 26.7 Å². The molecule has 0 aromatic carbocycles. The maximum Gasteiger partial charge on any atom is 0.283 e. The van der Waals surface area contributed by atoms with E-state index in [0.29, 0.717) is 16.1 Å². The first-order chi connectivity index (χ1) is 8.63. The van der Waals surface area contributed by atoms with Crippen LogP contribution in [0.1, 0.15) is 26.7 Å². The van der Waals surface area contributed by atoms with Gasteiger partial charge in [0.25, 0.3) is 5.56 Å². The van der Waals surface area contributed by atoms with Crippen LogP contribution in [0.4, 0.5) is 5.69 Å². The molecular formula is C12H20BrN3O2. The van der Waals surface area contributed by atoms with Crippen molar-refractivity contribution in [3.8, 4) is 0 Å². The highest BCUT2D eigenvalue weighted by Gasteiger charge is 2.10. The summed E-state index contributed by atoms with van der Waals surface area (Å²) < 4.78 is 1.71. The molecule has 0 aliphatic rings. The first-order valence-electron chi connectivity index (χ1n) is 6.24. The lowest BCUT2D eigenvalue weighted by molar-refractivity contribution is 0.266. The second-order valence-electron chi connectivity index (χ2n) is 4.19. The first-order valence-corrected chi connectivity index (χ1v) is 7.03. The van der Waals surface area contributed by atoms with Gasteiger partial charge in [-0.05, 0) is 21.8 Å². The van der Waals surface area contributed by atoms with Gasteiger partial charge < -0.3 is 10.4 Å². The summed E-state index contributed by atoms with van der Waals surface area (Å²) in [7, 11) is 0. The predicted octanol–water partition coefficient (Wildman–Crippen LogP) is 1.85. The number of aliphatic hydroxyl groups is 1. The summed E-state index contributed by atoms with van der Waals surface area (Å²) in [5, 5.41) is 16.1. The van der Waals surface area contributed by atoms with Gasteiger partial charge in [0.2, 0.25) is 0 Å². The molecule has 18 heavy (non-hydrogen) atoms. The largest absolute Gasteiger partial charge is 0.394 e. The van der Waals surface area contributed by atoms with E-state index in [-0.39, 0.29) is 18.7 Å². The van der Waals surface area contributed by atoms with Crippen molar-refractivity contribution in [3.63, 3.8) is 0 Å². The van der Waals surface area contributed by atoms with Crippen molar-refractivity contribution in [1.29, 1.82) is 0 Å². The summed E-state index contributed by atoms with van der Waals surface area (Å²) in [5.41, 5.74) is 0.486. The Morgan fingerprint density at radius 2 is 2.17 bits per heavy atom. The maximum atomic E-state index is 11.9. The highest BCUT2D eigenvalue weighted by molar-refractivity contribution is 9.10.